The minimum absolute atomic E-state index is 0.0271. The molecule has 1 unspecified atom stereocenters. The van der Waals surface area contributed by atoms with E-state index in [2.05, 4.69) is 4.98 Å². The average molecular weight is 505 g/mol. The number of hydrogen-bond acceptors (Lipinski definition) is 8. The minimum Gasteiger partial charge on any atom is -0.494 e. The molecule has 36 heavy (non-hydrogen) atoms. The fraction of sp³-hybridized carbons (Fsp3) is 0.259. The van der Waals surface area contributed by atoms with E-state index >= 15 is 0 Å². The van der Waals surface area contributed by atoms with Crippen molar-refractivity contribution >= 4 is 39.3 Å². The van der Waals surface area contributed by atoms with Gasteiger partial charge >= 0.3 is 5.97 Å². The van der Waals surface area contributed by atoms with Gasteiger partial charge in [-0.3, -0.25) is 14.5 Å². The zero-order valence-electron chi connectivity index (χ0n) is 20.3. The lowest BCUT2D eigenvalue weighted by Crippen LogP contribution is -2.29. The van der Waals surface area contributed by atoms with Crippen LogP contribution in [0.15, 0.2) is 51.7 Å². The fourth-order valence-corrected chi connectivity index (χ4v) is 5.37. The van der Waals surface area contributed by atoms with E-state index < -0.39 is 17.9 Å². The van der Waals surface area contributed by atoms with Crippen LogP contribution < -0.4 is 15.1 Å². The lowest BCUT2D eigenvalue weighted by Gasteiger charge is -2.22. The Morgan fingerprint density at radius 3 is 2.53 bits per heavy atom. The van der Waals surface area contributed by atoms with Gasteiger partial charge in [0.05, 0.1) is 35.9 Å². The predicted molar refractivity (Wildman–Crippen MR) is 136 cm³/mol. The number of hydrogen-bond donors (Lipinski definition) is 0. The Morgan fingerprint density at radius 1 is 1.08 bits per heavy atom. The van der Waals surface area contributed by atoms with Gasteiger partial charge in [-0.2, -0.15) is 0 Å². The van der Waals surface area contributed by atoms with Crippen molar-refractivity contribution in [1.82, 2.24) is 4.98 Å². The molecular formula is C27H24N2O6S. The van der Waals surface area contributed by atoms with Crippen molar-refractivity contribution in [1.29, 1.82) is 0 Å². The predicted octanol–water partition coefficient (Wildman–Crippen LogP) is 5.19. The molecule has 1 atom stereocenters. The first-order valence-corrected chi connectivity index (χ1v) is 12.4. The number of benzene rings is 2. The van der Waals surface area contributed by atoms with Crippen molar-refractivity contribution in [3.05, 3.63) is 85.7 Å². The molecule has 5 rings (SSSR count). The Kier molecular flexibility index (Phi) is 6.09. The standard InChI is InChI=1S/C27H24N2O6S/c1-5-33-17-10-8-16(9-11-17)21-20-22(30)18-13-14(3)7-12-19(18)35-23(20)25(31)29(21)27-28-15(4)24(36-27)26(32)34-6-2/h7-13,21H,5-6H2,1-4H3. The van der Waals surface area contributed by atoms with Gasteiger partial charge in [0, 0.05) is 0 Å². The van der Waals surface area contributed by atoms with Crippen LogP contribution in [0.5, 0.6) is 5.75 Å². The number of anilines is 1. The summed E-state index contributed by atoms with van der Waals surface area (Å²) in [4.78, 5) is 46.2. The van der Waals surface area contributed by atoms with Gasteiger partial charge < -0.3 is 13.9 Å². The van der Waals surface area contributed by atoms with Crippen molar-refractivity contribution in [2.45, 2.75) is 33.7 Å². The molecule has 0 spiro atoms. The summed E-state index contributed by atoms with van der Waals surface area (Å²) in [5.41, 5.74) is 2.35. The molecule has 0 radical (unpaired) electrons. The van der Waals surface area contributed by atoms with Gasteiger partial charge in [-0.1, -0.05) is 35.1 Å². The number of amides is 1. The number of nitrogens with zero attached hydrogens (tertiary/aromatic N) is 2. The molecule has 184 valence electrons. The van der Waals surface area contributed by atoms with Crippen LogP contribution in [0.1, 0.15) is 62.5 Å². The highest BCUT2D eigenvalue weighted by Crippen LogP contribution is 2.43. The number of ether oxygens (including phenoxy) is 2. The normalized spacial score (nSPS) is 14.8. The minimum atomic E-state index is -0.787. The third kappa shape index (κ3) is 3.85. The molecule has 9 heteroatoms. The molecule has 0 saturated carbocycles. The molecule has 3 heterocycles. The van der Waals surface area contributed by atoms with Crippen molar-refractivity contribution < 1.29 is 23.5 Å². The third-order valence-corrected chi connectivity index (χ3v) is 7.12. The number of aryl methyl sites for hydroxylation is 2. The van der Waals surface area contributed by atoms with E-state index in [9.17, 15) is 14.4 Å². The van der Waals surface area contributed by atoms with Crippen LogP contribution in [0.25, 0.3) is 11.0 Å². The Morgan fingerprint density at radius 2 is 1.83 bits per heavy atom. The SMILES string of the molecule is CCOC(=O)c1sc(N2C(=O)c3oc4ccc(C)cc4c(=O)c3C2c2ccc(OCC)cc2)nc1C. The summed E-state index contributed by atoms with van der Waals surface area (Å²) in [6, 6.07) is 11.7. The lowest BCUT2D eigenvalue weighted by molar-refractivity contribution is 0.0531. The summed E-state index contributed by atoms with van der Waals surface area (Å²) in [5.74, 6) is -0.349. The molecule has 1 aliphatic heterocycles. The smallest absolute Gasteiger partial charge is 0.350 e. The van der Waals surface area contributed by atoms with E-state index in [0.717, 1.165) is 16.9 Å². The summed E-state index contributed by atoms with van der Waals surface area (Å²) < 4.78 is 16.7. The number of carbonyl (C=O) groups excluding carboxylic acids is 2. The van der Waals surface area contributed by atoms with Gasteiger partial charge in [0.25, 0.3) is 5.91 Å². The zero-order valence-corrected chi connectivity index (χ0v) is 21.1. The molecule has 2 aromatic heterocycles. The third-order valence-electron chi connectivity index (χ3n) is 5.98. The van der Waals surface area contributed by atoms with E-state index in [1.165, 1.54) is 4.90 Å². The molecule has 0 N–H and O–H groups in total. The highest BCUT2D eigenvalue weighted by molar-refractivity contribution is 7.17. The zero-order chi connectivity index (χ0) is 25.6. The van der Waals surface area contributed by atoms with Gasteiger partial charge in [0.1, 0.15) is 16.2 Å². The first kappa shape index (κ1) is 23.7. The molecule has 1 aliphatic rings. The van der Waals surface area contributed by atoms with E-state index in [4.69, 9.17) is 13.9 Å². The van der Waals surface area contributed by atoms with Crippen LogP contribution in [0, 0.1) is 13.8 Å². The molecule has 8 nitrogen and oxygen atoms in total. The number of rotatable bonds is 6. The average Bonchev–Trinajstić information content (AvgIpc) is 3.38. The van der Waals surface area contributed by atoms with Crippen molar-refractivity contribution in [3.8, 4) is 5.75 Å². The van der Waals surface area contributed by atoms with Crippen LogP contribution in [-0.2, 0) is 4.74 Å². The van der Waals surface area contributed by atoms with Crippen LogP contribution in [0.2, 0.25) is 0 Å². The number of carbonyl (C=O) groups is 2. The molecular weight excluding hydrogens is 480 g/mol. The highest BCUT2D eigenvalue weighted by Gasteiger charge is 2.45. The second kappa shape index (κ2) is 9.23. The summed E-state index contributed by atoms with van der Waals surface area (Å²) in [6.07, 6.45) is 0. The number of thiazole rings is 1. The van der Waals surface area contributed by atoms with Crippen molar-refractivity contribution in [2.24, 2.45) is 0 Å². The number of fused-ring (bicyclic) bond motifs is 2. The first-order valence-electron chi connectivity index (χ1n) is 11.6. The quantitative estimate of drug-likeness (QED) is 0.333. The van der Waals surface area contributed by atoms with Crippen LogP contribution >= 0.6 is 11.3 Å². The number of aromatic nitrogens is 1. The summed E-state index contributed by atoms with van der Waals surface area (Å²) in [7, 11) is 0. The molecule has 0 saturated heterocycles. The molecule has 0 fully saturated rings. The Hall–Kier alpha value is -3.98. The monoisotopic (exact) mass is 504 g/mol. The van der Waals surface area contributed by atoms with Crippen LogP contribution in [0.3, 0.4) is 0 Å². The maximum atomic E-state index is 13.8. The van der Waals surface area contributed by atoms with E-state index in [-0.39, 0.29) is 28.5 Å². The van der Waals surface area contributed by atoms with Gasteiger partial charge in [0.15, 0.2) is 10.6 Å². The second-order valence-electron chi connectivity index (χ2n) is 8.38. The van der Waals surface area contributed by atoms with Crippen LogP contribution in [0.4, 0.5) is 5.13 Å². The van der Waals surface area contributed by atoms with Gasteiger partial charge in [-0.05, 0) is 57.5 Å². The van der Waals surface area contributed by atoms with Crippen molar-refractivity contribution in [2.75, 3.05) is 18.1 Å². The Labute approximate surface area is 211 Å². The maximum Gasteiger partial charge on any atom is 0.350 e. The fourth-order valence-electron chi connectivity index (χ4n) is 4.38. The van der Waals surface area contributed by atoms with E-state index in [0.29, 0.717) is 39.5 Å². The first-order chi connectivity index (χ1) is 17.3. The van der Waals surface area contributed by atoms with E-state index in [1.54, 1.807) is 38.1 Å². The van der Waals surface area contributed by atoms with Crippen LogP contribution in [-0.4, -0.2) is 30.1 Å². The largest absolute Gasteiger partial charge is 0.494 e. The second-order valence-corrected chi connectivity index (χ2v) is 9.36. The Balaban J connectivity index is 1.72. The lowest BCUT2D eigenvalue weighted by atomic mass is 9.98. The number of esters is 1. The molecule has 4 aromatic rings. The Bertz CT molecular complexity index is 1550. The van der Waals surface area contributed by atoms with Crippen molar-refractivity contribution in [3.63, 3.8) is 0 Å². The van der Waals surface area contributed by atoms with Gasteiger partial charge in [-0.25, -0.2) is 9.78 Å². The van der Waals surface area contributed by atoms with E-state index in [1.807, 2.05) is 32.0 Å². The summed E-state index contributed by atoms with van der Waals surface area (Å²) in [6.45, 7) is 7.93. The maximum absolute atomic E-state index is 13.8. The summed E-state index contributed by atoms with van der Waals surface area (Å²) >= 11 is 1.05. The van der Waals surface area contributed by atoms with Gasteiger partial charge in [-0.15, -0.1) is 0 Å². The molecule has 2 aromatic carbocycles. The molecule has 0 aliphatic carbocycles. The topological polar surface area (TPSA) is 98.9 Å². The highest BCUT2D eigenvalue weighted by atomic mass is 32.1. The van der Waals surface area contributed by atoms with Gasteiger partial charge in [0.2, 0.25) is 5.76 Å². The summed E-state index contributed by atoms with van der Waals surface area (Å²) in [5, 5.41) is 0.687. The molecule has 1 amide bonds. The molecule has 0 bridgehead atoms.